The van der Waals surface area contributed by atoms with Gasteiger partial charge < -0.3 is 5.32 Å². The molecule has 2 aromatic heterocycles. The lowest BCUT2D eigenvalue weighted by Gasteiger charge is -2.33. The van der Waals surface area contributed by atoms with E-state index in [2.05, 4.69) is 63.9 Å². The third kappa shape index (κ3) is 5.04. The fraction of sp³-hybridized carbons (Fsp3) is 0.391. The van der Waals surface area contributed by atoms with Crippen LogP contribution in [0.4, 0.5) is 0 Å². The minimum Gasteiger partial charge on any atom is -0.314 e. The molecule has 1 aromatic carbocycles. The van der Waals surface area contributed by atoms with Crippen LogP contribution in [0, 0.1) is 0 Å². The Balaban J connectivity index is 1.42. The van der Waals surface area contributed by atoms with E-state index in [1.165, 1.54) is 16.0 Å². The average molecular weight is 393 g/mol. The first-order valence-electron chi connectivity index (χ1n) is 10.2. The average Bonchev–Trinajstić information content (AvgIpc) is 3.24. The van der Waals surface area contributed by atoms with E-state index in [-0.39, 0.29) is 0 Å². The Hall–Kier alpha value is -2.08. The highest BCUT2D eigenvalue weighted by atomic mass is 32.1. The predicted octanol–water partition coefficient (Wildman–Crippen LogP) is 4.17. The van der Waals surface area contributed by atoms with Crippen LogP contribution in [0.3, 0.4) is 0 Å². The Morgan fingerprint density at radius 2 is 2.14 bits per heavy atom. The number of rotatable bonds is 7. The van der Waals surface area contributed by atoms with Crippen LogP contribution in [0.5, 0.6) is 0 Å². The van der Waals surface area contributed by atoms with E-state index in [4.69, 9.17) is 4.98 Å². The maximum Gasteiger partial charge on any atom is 0.128 e. The fourth-order valence-corrected chi connectivity index (χ4v) is 4.49. The number of piperazine rings is 1. The zero-order valence-corrected chi connectivity index (χ0v) is 17.3. The lowest BCUT2D eigenvalue weighted by atomic mass is 10.1. The molecule has 5 heteroatoms. The van der Waals surface area contributed by atoms with Gasteiger partial charge in [-0.25, -0.2) is 9.97 Å². The van der Waals surface area contributed by atoms with Crippen LogP contribution in [-0.4, -0.2) is 40.5 Å². The maximum absolute atomic E-state index is 4.83. The number of hydrogen-bond acceptors (Lipinski definition) is 5. The molecule has 0 unspecified atom stereocenters. The van der Waals surface area contributed by atoms with E-state index in [0.29, 0.717) is 6.04 Å². The van der Waals surface area contributed by atoms with Crippen LogP contribution in [0.2, 0.25) is 0 Å². The van der Waals surface area contributed by atoms with E-state index < -0.39 is 0 Å². The molecule has 1 atom stereocenters. The van der Waals surface area contributed by atoms with Gasteiger partial charge in [0.25, 0.3) is 0 Å². The van der Waals surface area contributed by atoms with Crippen molar-refractivity contribution in [2.24, 2.45) is 0 Å². The van der Waals surface area contributed by atoms with Gasteiger partial charge in [-0.3, -0.25) is 4.90 Å². The van der Waals surface area contributed by atoms with Gasteiger partial charge in [-0.15, -0.1) is 11.3 Å². The molecular weight excluding hydrogens is 364 g/mol. The van der Waals surface area contributed by atoms with Crippen molar-refractivity contribution >= 4 is 11.3 Å². The largest absolute Gasteiger partial charge is 0.314 e. The first-order valence-corrected chi connectivity index (χ1v) is 11.0. The smallest absolute Gasteiger partial charge is 0.128 e. The van der Waals surface area contributed by atoms with E-state index >= 15 is 0 Å². The van der Waals surface area contributed by atoms with Gasteiger partial charge in [-0.05, 0) is 48.9 Å². The molecule has 4 rings (SSSR count). The normalized spacial score (nSPS) is 17.7. The second kappa shape index (κ2) is 9.41. The highest BCUT2D eigenvalue weighted by Gasteiger charge is 2.17. The van der Waals surface area contributed by atoms with Gasteiger partial charge in [0, 0.05) is 55.3 Å². The Labute approximate surface area is 171 Å². The summed E-state index contributed by atoms with van der Waals surface area (Å²) in [5, 5.41) is 5.60. The van der Waals surface area contributed by atoms with Crippen LogP contribution in [0.25, 0.3) is 11.3 Å². The highest BCUT2D eigenvalue weighted by Crippen LogP contribution is 2.20. The summed E-state index contributed by atoms with van der Waals surface area (Å²) in [6.07, 6.45) is 5.01. The molecule has 0 aliphatic carbocycles. The van der Waals surface area contributed by atoms with Crippen molar-refractivity contribution in [1.82, 2.24) is 20.2 Å². The predicted molar refractivity (Wildman–Crippen MR) is 117 cm³/mol. The number of hydrogen-bond donors (Lipinski definition) is 1. The number of benzene rings is 1. The van der Waals surface area contributed by atoms with E-state index in [1.807, 2.05) is 23.6 Å². The van der Waals surface area contributed by atoms with Crippen molar-refractivity contribution in [2.45, 2.75) is 38.8 Å². The number of thiophene rings is 1. The lowest BCUT2D eigenvalue weighted by Crippen LogP contribution is -2.49. The molecule has 0 bridgehead atoms. The Morgan fingerprint density at radius 3 is 3.00 bits per heavy atom. The van der Waals surface area contributed by atoms with Crippen LogP contribution in [0.1, 0.15) is 29.6 Å². The monoisotopic (exact) mass is 392 g/mol. The van der Waals surface area contributed by atoms with Crippen LogP contribution >= 0.6 is 11.3 Å². The molecule has 146 valence electrons. The lowest BCUT2D eigenvalue weighted by molar-refractivity contribution is 0.165. The van der Waals surface area contributed by atoms with E-state index in [1.54, 1.807) is 0 Å². The third-order valence-corrected chi connectivity index (χ3v) is 6.29. The highest BCUT2D eigenvalue weighted by molar-refractivity contribution is 7.09. The summed E-state index contributed by atoms with van der Waals surface area (Å²) < 4.78 is 0. The minimum atomic E-state index is 0.575. The molecule has 4 nitrogen and oxygen atoms in total. The zero-order valence-electron chi connectivity index (χ0n) is 16.5. The maximum atomic E-state index is 4.83. The Morgan fingerprint density at radius 1 is 1.18 bits per heavy atom. The summed E-state index contributed by atoms with van der Waals surface area (Å²) in [6, 6.07) is 15.7. The third-order valence-electron chi connectivity index (χ3n) is 5.36. The summed E-state index contributed by atoms with van der Waals surface area (Å²) in [4.78, 5) is 13.3. The fourth-order valence-electron chi connectivity index (χ4n) is 3.74. The molecule has 1 aliphatic rings. The summed E-state index contributed by atoms with van der Waals surface area (Å²) in [6.45, 7) is 6.54. The van der Waals surface area contributed by atoms with E-state index in [0.717, 1.165) is 57.0 Å². The van der Waals surface area contributed by atoms with Crippen LogP contribution in [-0.2, 0) is 19.4 Å². The molecule has 0 saturated carbocycles. The second-order valence-electron chi connectivity index (χ2n) is 7.52. The summed E-state index contributed by atoms with van der Waals surface area (Å²) in [7, 11) is 0. The SMILES string of the molecule is C[C@H]1CNCCN1Cc1cccc(-c2ccnc(CCCc3cccs3)n2)c1. The summed E-state index contributed by atoms with van der Waals surface area (Å²) in [5.74, 6) is 0.940. The van der Waals surface area contributed by atoms with Gasteiger partial charge in [0.05, 0.1) is 5.69 Å². The number of aromatic nitrogens is 2. The summed E-state index contributed by atoms with van der Waals surface area (Å²) >= 11 is 1.83. The van der Waals surface area contributed by atoms with Crippen molar-refractivity contribution in [2.75, 3.05) is 19.6 Å². The van der Waals surface area contributed by atoms with Gasteiger partial charge in [-0.2, -0.15) is 0 Å². The van der Waals surface area contributed by atoms with Crippen molar-refractivity contribution in [3.8, 4) is 11.3 Å². The molecule has 0 spiro atoms. The van der Waals surface area contributed by atoms with Gasteiger partial charge in [0.2, 0.25) is 0 Å². The van der Waals surface area contributed by atoms with Crippen LogP contribution < -0.4 is 5.32 Å². The Bertz CT molecular complexity index is 878. The number of nitrogens with zero attached hydrogens (tertiary/aromatic N) is 3. The van der Waals surface area contributed by atoms with Crippen molar-refractivity contribution in [1.29, 1.82) is 0 Å². The van der Waals surface area contributed by atoms with Crippen molar-refractivity contribution in [3.05, 3.63) is 70.3 Å². The van der Waals surface area contributed by atoms with Crippen molar-refractivity contribution in [3.63, 3.8) is 0 Å². The number of nitrogens with one attached hydrogen (secondary N) is 1. The van der Waals surface area contributed by atoms with Crippen LogP contribution in [0.15, 0.2) is 54.0 Å². The molecular formula is C23H28N4S. The molecule has 3 aromatic rings. The second-order valence-corrected chi connectivity index (χ2v) is 8.55. The summed E-state index contributed by atoms with van der Waals surface area (Å²) in [5.41, 5.74) is 3.56. The van der Waals surface area contributed by atoms with Gasteiger partial charge in [-0.1, -0.05) is 24.3 Å². The molecule has 1 saturated heterocycles. The molecule has 3 heterocycles. The molecule has 0 radical (unpaired) electrons. The first-order chi connectivity index (χ1) is 13.8. The van der Waals surface area contributed by atoms with Crippen molar-refractivity contribution < 1.29 is 0 Å². The van der Waals surface area contributed by atoms with Gasteiger partial charge >= 0.3 is 0 Å². The quantitative estimate of drug-likeness (QED) is 0.655. The topological polar surface area (TPSA) is 41.0 Å². The molecule has 1 aliphatic heterocycles. The standard InChI is InChI=1S/C23H28N4S/c1-18-16-24-12-13-27(18)17-19-5-2-6-20(15-19)22-10-11-25-23(26-22)9-3-7-21-8-4-14-28-21/h2,4-6,8,10-11,14-15,18,24H,3,7,9,12-13,16-17H2,1H3/t18-/m0/s1. The van der Waals surface area contributed by atoms with Gasteiger partial charge in [0.1, 0.15) is 5.82 Å². The minimum absolute atomic E-state index is 0.575. The first kappa shape index (κ1) is 19.2. The number of aryl methyl sites for hydroxylation is 2. The molecule has 1 N–H and O–H groups in total. The molecule has 28 heavy (non-hydrogen) atoms. The van der Waals surface area contributed by atoms with E-state index in [9.17, 15) is 0 Å². The molecule has 0 amide bonds. The molecule has 1 fully saturated rings. The zero-order chi connectivity index (χ0) is 19.2. The van der Waals surface area contributed by atoms with Gasteiger partial charge in [0.15, 0.2) is 0 Å². The Kier molecular flexibility index (Phi) is 6.47.